The van der Waals surface area contributed by atoms with E-state index in [1.54, 1.807) is 0 Å². The van der Waals surface area contributed by atoms with Crippen molar-refractivity contribution in [3.63, 3.8) is 0 Å². The van der Waals surface area contributed by atoms with Crippen molar-refractivity contribution in [3.8, 4) is 22.3 Å². The van der Waals surface area contributed by atoms with E-state index in [1.165, 1.54) is 92.1 Å². The molecule has 0 aliphatic carbocycles. The number of rotatable bonds is 2. The van der Waals surface area contributed by atoms with Gasteiger partial charge in [0, 0.05) is 21.7 Å². The van der Waals surface area contributed by atoms with Crippen LogP contribution in [0.25, 0.3) is 120 Å². The Kier molecular flexibility index (Phi) is 4.77. The molecule has 0 aliphatic rings. The van der Waals surface area contributed by atoms with E-state index in [1.807, 2.05) is 0 Å². The third-order valence-corrected chi connectivity index (χ3v) is 11.1. The molecule has 1 aromatic heterocycles. The average Bonchev–Trinajstić information content (AvgIpc) is 3.56. The van der Waals surface area contributed by atoms with Gasteiger partial charge in [-0.15, -0.1) is 0 Å². The third kappa shape index (κ3) is 3.34. The average molecular weight is 619 g/mol. The summed E-state index contributed by atoms with van der Waals surface area (Å²) < 4.78 is 7.09. The van der Waals surface area contributed by atoms with Crippen molar-refractivity contribution in [2.75, 3.05) is 0 Å². The fourth-order valence-electron chi connectivity index (χ4n) is 8.94. The Labute approximate surface area is 280 Å². The normalized spacial score (nSPS) is 12.5. The smallest absolute Gasteiger partial charge is 0.143 e. The minimum absolute atomic E-state index is 0.933. The molecule has 0 unspecified atom stereocenters. The molecule has 12 aromatic rings. The van der Waals surface area contributed by atoms with Crippen LogP contribution in [0.4, 0.5) is 0 Å². The van der Waals surface area contributed by atoms with Crippen molar-refractivity contribution < 1.29 is 4.42 Å². The van der Waals surface area contributed by atoms with E-state index in [0.29, 0.717) is 0 Å². The maximum Gasteiger partial charge on any atom is 0.143 e. The lowest BCUT2D eigenvalue weighted by atomic mass is 9.87. The van der Waals surface area contributed by atoms with Crippen LogP contribution >= 0.6 is 0 Å². The van der Waals surface area contributed by atoms with E-state index in [4.69, 9.17) is 4.42 Å². The van der Waals surface area contributed by atoms with Gasteiger partial charge in [0.25, 0.3) is 0 Å². The van der Waals surface area contributed by atoms with Crippen molar-refractivity contribution >= 4 is 97.3 Å². The molecule has 224 valence electrons. The van der Waals surface area contributed by atoms with Crippen molar-refractivity contribution in [2.24, 2.45) is 0 Å². The summed E-state index contributed by atoms with van der Waals surface area (Å²) in [6.45, 7) is 0. The van der Waals surface area contributed by atoms with Gasteiger partial charge in [0.1, 0.15) is 11.2 Å². The van der Waals surface area contributed by atoms with Crippen molar-refractivity contribution in [2.45, 2.75) is 0 Å². The van der Waals surface area contributed by atoms with Crippen LogP contribution in [-0.4, -0.2) is 0 Å². The van der Waals surface area contributed by atoms with Crippen LogP contribution < -0.4 is 0 Å². The summed E-state index contributed by atoms with van der Waals surface area (Å²) in [5.41, 5.74) is 6.58. The number of furan rings is 1. The Hall–Kier alpha value is -6.44. The molecular weight excluding hydrogens is 593 g/mol. The summed E-state index contributed by atoms with van der Waals surface area (Å²) in [5, 5.41) is 20.1. The number of benzene rings is 11. The molecule has 1 heteroatoms. The summed E-state index contributed by atoms with van der Waals surface area (Å²) in [6.07, 6.45) is 0. The van der Waals surface area contributed by atoms with Gasteiger partial charge in [-0.1, -0.05) is 133 Å². The maximum atomic E-state index is 7.09. The van der Waals surface area contributed by atoms with Gasteiger partial charge in [-0.2, -0.15) is 0 Å². The van der Waals surface area contributed by atoms with Crippen LogP contribution in [0.3, 0.4) is 0 Å². The Morgan fingerprint density at radius 3 is 1.49 bits per heavy atom. The highest BCUT2D eigenvalue weighted by atomic mass is 16.3. The molecule has 0 amide bonds. The fourth-order valence-corrected chi connectivity index (χ4v) is 8.94. The summed E-state index contributed by atoms with van der Waals surface area (Å²) in [6, 6.07) is 58.3. The van der Waals surface area contributed by atoms with Crippen LogP contribution in [0.15, 0.2) is 162 Å². The van der Waals surface area contributed by atoms with Gasteiger partial charge in [-0.25, -0.2) is 0 Å². The molecular formula is C48H26O. The molecule has 12 rings (SSSR count). The second-order valence-corrected chi connectivity index (χ2v) is 13.6. The molecule has 0 N–H and O–H groups in total. The molecule has 0 saturated heterocycles. The molecule has 11 aromatic carbocycles. The Morgan fingerprint density at radius 2 is 0.755 bits per heavy atom. The summed E-state index contributed by atoms with van der Waals surface area (Å²) in [4.78, 5) is 0. The van der Waals surface area contributed by atoms with E-state index in [2.05, 4.69) is 158 Å². The Balaban J connectivity index is 1.20. The summed E-state index contributed by atoms with van der Waals surface area (Å²) in [5.74, 6) is 0. The first-order valence-electron chi connectivity index (χ1n) is 17.0. The van der Waals surface area contributed by atoms with Gasteiger partial charge in [0.2, 0.25) is 0 Å². The van der Waals surface area contributed by atoms with Gasteiger partial charge < -0.3 is 4.42 Å². The van der Waals surface area contributed by atoms with Crippen LogP contribution in [0, 0.1) is 0 Å². The highest BCUT2D eigenvalue weighted by Crippen LogP contribution is 2.47. The highest BCUT2D eigenvalue weighted by Gasteiger charge is 2.22. The zero-order chi connectivity index (χ0) is 31.8. The van der Waals surface area contributed by atoms with Gasteiger partial charge in [0.15, 0.2) is 0 Å². The monoisotopic (exact) mass is 618 g/mol. The van der Waals surface area contributed by atoms with E-state index < -0.39 is 0 Å². The van der Waals surface area contributed by atoms with E-state index in [-0.39, 0.29) is 0 Å². The molecule has 1 heterocycles. The quantitative estimate of drug-likeness (QED) is 0.176. The first-order chi connectivity index (χ1) is 24.3. The highest BCUT2D eigenvalue weighted by molar-refractivity contribution is 6.29. The lowest BCUT2D eigenvalue weighted by Gasteiger charge is -2.16. The van der Waals surface area contributed by atoms with Crippen LogP contribution in [0.1, 0.15) is 0 Å². The van der Waals surface area contributed by atoms with E-state index in [0.717, 1.165) is 27.5 Å². The molecule has 0 fully saturated rings. The molecule has 0 saturated carbocycles. The molecule has 0 atom stereocenters. The molecule has 1 nitrogen and oxygen atoms in total. The second-order valence-electron chi connectivity index (χ2n) is 13.6. The van der Waals surface area contributed by atoms with Gasteiger partial charge in [0.05, 0.1) is 0 Å². The van der Waals surface area contributed by atoms with Crippen LogP contribution in [-0.2, 0) is 0 Å². The first-order valence-corrected chi connectivity index (χ1v) is 17.0. The third-order valence-electron chi connectivity index (χ3n) is 11.1. The summed E-state index contributed by atoms with van der Waals surface area (Å²) >= 11 is 0. The van der Waals surface area contributed by atoms with Gasteiger partial charge in [-0.3, -0.25) is 0 Å². The largest absolute Gasteiger partial charge is 0.455 e. The van der Waals surface area contributed by atoms with E-state index >= 15 is 0 Å². The van der Waals surface area contributed by atoms with Crippen LogP contribution in [0.5, 0.6) is 0 Å². The molecule has 0 bridgehead atoms. The topological polar surface area (TPSA) is 13.1 Å². The molecule has 0 radical (unpaired) electrons. The fraction of sp³-hybridized carbons (Fsp3) is 0. The van der Waals surface area contributed by atoms with E-state index in [9.17, 15) is 0 Å². The van der Waals surface area contributed by atoms with Crippen molar-refractivity contribution in [1.82, 2.24) is 0 Å². The van der Waals surface area contributed by atoms with Crippen LogP contribution in [0.2, 0.25) is 0 Å². The molecule has 0 spiro atoms. The minimum Gasteiger partial charge on any atom is -0.455 e. The second kappa shape index (κ2) is 9.13. The zero-order valence-electron chi connectivity index (χ0n) is 26.4. The molecule has 49 heavy (non-hydrogen) atoms. The number of fused-ring (bicyclic) bond motifs is 5. The SMILES string of the molecule is c1ccc2c(c1)ccc1c2oc2c(-c3cc4ccc5cccc6ccc(c3)c4c56)ccc(-c3ccc4ccc5cccc6ccc3c4c56)c21. The maximum absolute atomic E-state index is 7.09. The molecule has 0 aliphatic heterocycles. The first kappa shape index (κ1) is 25.6. The lowest BCUT2D eigenvalue weighted by Crippen LogP contribution is -1.89. The number of hydrogen-bond acceptors (Lipinski definition) is 1. The van der Waals surface area contributed by atoms with Crippen molar-refractivity contribution in [1.29, 1.82) is 0 Å². The Bertz CT molecular complexity index is 3240. The standard InChI is InChI=1S/C48H26O/c1-2-10-36-27(5-1)17-22-41-46-40(38-20-18-32-12-11-30-8-4-9-31-19-21-39(38)45(32)43(30)31)24-23-37(48(46)49-47(36)41)35-25-33-15-13-28-6-3-7-29-14-16-34(26-35)44(33)42(28)29/h1-26H. The predicted octanol–water partition coefficient (Wildman–Crippen LogP) is 13.9. The minimum atomic E-state index is 0.933. The lowest BCUT2D eigenvalue weighted by molar-refractivity contribution is 0.674. The number of hydrogen-bond donors (Lipinski definition) is 0. The zero-order valence-corrected chi connectivity index (χ0v) is 26.4. The predicted molar refractivity (Wildman–Crippen MR) is 210 cm³/mol. The van der Waals surface area contributed by atoms with Gasteiger partial charge in [-0.05, 0) is 111 Å². The summed E-state index contributed by atoms with van der Waals surface area (Å²) in [7, 11) is 0. The Morgan fingerprint density at radius 1 is 0.265 bits per heavy atom. The van der Waals surface area contributed by atoms with Gasteiger partial charge >= 0.3 is 0 Å². The van der Waals surface area contributed by atoms with Crippen molar-refractivity contribution in [3.05, 3.63) is 158 Å².